The van der Waals surface area contributed by atoms with Crippen LogP contribution in [0.25, 0.3) is 83.1 Å². The molecule has 0 spiro atoms. The van der Waals surface area contributed by atoms with Crippen LogP contribution < -0.4 is 4.90 Å². The van der Waals surface area contributed by atoms with Crippen molar-refractivity contribution in [1.82, 2.24) is 4.57 Å². The van der Waals surface area contributed by atoms with Crippen molar-refractivity contribution in [3.63, 3.8) is 0 Å². The van der Waals surface area contributed by atoms with Crippen LogP contribution in [0.4, 0.5) is 17.1 Å². The first-order valence-corrected chi connectivity index (χ1v) is 17.9. The Hall–Kier alpha value is -8.20. The summed E-state index contributed by atoms with van der Waals surface area (Å²) in [4.78, 5) is 0.245. The molecule has 1 heterocycles. The number of hydrogen-bond acceptors (Lipinski definition) is 1. The van der Waals surface area contributed by atoms with Gasteiger partial charge in [-0.3, -0.25) is 0 Å². The van der Waals surface area contributed by atoms with Crippen molar-refractivity contribution in [3.8, 4) is 61.3 Å². The van der Waals surface area contributed by atoms with Gasteiger partial charge < -0.3 is 9.47 Å². The number of nitrogens with zero attached hydrogens (tertiary/aromatic N) is 2. The minimum atomic E-state index is -1.42. The molecule has 1 aromatic heterocycles. The number of para-hydroxylation sites is 2. The van der Waals surface area contributed by atoms with Gasteiger partial charge in [0.05, 0.1) is 67.2 Å². The molecule has 0 aliphatic rings. The lowest BCUT2D eigenvalue weighted by Gasteiger charge is -2.26. The molecule has 2 heteroatoms. The van der Waals surface area contributed by atoms with Crippen LogP contribution in [0.5, 0.6) is 0 Å². The molecule has 11 rings (SSSR count). The Morgan fingerprint density at radius 3 is 1.27 bits per heavy atom. The van der Waals surface area contributed by atoms with Gasteiger partial charge in [0.15, 0.2) is 0 Å². The molecule has 0 N–H and O–H groups in total. The van der Waals surface area contributed by atoms with Gasteiger partial charge in [-0.1, -0.05) is 181 Å². The highest BCUT2D eigenvalue weighted by molar-refractivity contribution is 6.10. The zero-order valence-corrected chi connectivity index (χ0v) is 31.0. The van der Waals surface area contributed by atoms with Gasteiger partial charge in [0.2, 0.25) is 0 Å². The summed E-state index contributed by atoms with van der Waals surface area (Å²) >= 11 is 0. The van der Waals surface area contributed by atoms with E-state index in [1.54, 1.807) is 0 Å². The highest BCUT2D eigenvalue weighted by Crippen LogP contribution is 2.40. The van der Waals surface area contributed by atoms with Crippen LogP contribution in [-0.2, 0) is 0 Å². The van der Waals surface area contributed by atoms with Crippen LogP contribution in [0, 0.1) is 0 Å². The topological polar surface area (TPSA) is 8.17 Å². The second-order valence-corrected chi connectivity index (χ2v) is 12.6. The van der Waals surface area contributed by atoms with Crippen molar-refractivity contribution < 1.29 is 56.2 Å². The van der Waals surface area contributed by atoms with Gasteiger partial charge in [-0.05, 0) is 128 Å². The molecule has 0 saturated carbocycles. The quantitative estimate of drug-likeness (QED) is 0.141. The molecule has 0 radical (unpaired) electrons. The molecule has 0 fully saturated rings. The zero-order chi connectivity index (χ0) is 76.9. The number of benzene rings is 10. The third kappa shape index (κ3) is 7.04. The molecule has 0 bridgehead atoms. The molecule has 11 aromatic rings. The van der Waals surface area contributed by atoms with Gasteiger partial charge in [0.25, 0.3) is 0 Å². The van der Waals surface area contributed by atoms with Crippen LogP contribution in [0.2, 0.25) is 0 Å². The van der Waals surface area contributed by atoms with Gasteiger partial charge in [-0.25, -0.2) is 0 Å². The minimum Gasteiger partial charge on any atom is -0.311 e. The first-order chi connectivity index (χ1) is 47.8. The SMILES string of the molecule is [2H]c1cc(-c2c([2H])c([2H])c([2H])c(-c3c([2H])c([2H])c([2H])c([2H])c3[2H])c2[2H])c([2H])c([2H])c1N(c1c([2H])c([2H])c(-c2c([2H])c([2H])c(-c3c([2H])c([2H])c([2H])c([2H])c3[2H])c([2H])c2[2H])c([2H])c1[2H])c1c([2H])c([2H])c(-c2c([2H])c([2H])c3c(c2[2H])c2c([2H])c([2H])c([2H])c([2H])c2n3-c2c([2H])c([2H])c([2H])c([2H])c2[2H])c([2H])c1[2H]. The molecule has 62 heavy (non-hydrogen) atoms. The second kappa shape index (κ2) is 16.1. The highest BCUT2D eigenvalue weighted by Gasteiger charge is 2.16. The number of hydrogen-bond donors (Lipinski definition) is 0. The van der Waals surface area contributed by atoms with E-state index in [0.717, 1.165) is 0 Å². The van der Waals surface area contributed by atoms with E-state index in [0.29, 0.717) is 10.6 Å². The Morgan fingerprint density at radius 2 is 0.661 bits per heavy atom. The third-order valence-corrected chi connectivity index (χ3v) is 8.95. The normalized spacial score (nSPS) is 20.5. The van der Waals surface area contributed by atoms with Gasteiger partial charge in [0, 0.05) is 33.5 Å². The minimum absolute atomic E-state index is 0.245. The van der Waals surface area contributed by atoms with Gasteiger partial charge in [-0.15, -0.1) is 0 Å². The van der Waals surface area contributed by atoms with Crippen LogP contribution in [0.1, 0.15) is 56.2 Å². The van der Waals surface area contributed by atoms with E-state index in [4.69, 9.17) is 35.6 Å². The molecule has 0 amide bonds. The summed E-state index contributed by atoms with van der Waals surface area (Å²) in [7, 11) is 0. The Kier molecular flexibility index (Phi) is 3.55. The Bertz CT molecular complexity index is 5600. The summed E-state index contributed by atoms with van der Waals surface area (Å²) in [5.74, 6) is 0. The predicted molar refractivity (Wildman–Crippen MR) is 263 cm³/mol. The summed E-state index contributed by atoms with van der Waals surface area (Å²) in [6.45, 7) is 0. The van der Waals surface area contributed by atoms with E-state index in [1.807, 2.05) is 0 Å². The summed E-state index contributed by atoms with van der Waals surface area (Å²) in [5.41, 5.74) is -15.3. The van der Waals surface area contributed by atoms with Crippen molar-refractivity contribution in [1.29, 1.82) is 0 Å². The lowest BCUT2D eigenvalue weighted by molar-refractivity contribution is 1.18. The standard InChI is InChI=1S/C60H42N2/c1-4-13-43(14-5-1)45-23-25-46(26-24-45)47-27-34-54(35-28-47)61(55-36-29-48(30-37-55)51-18-12-17-50(41-51)44-15-6-2-7-16-44)56-38-31-49(32-39-56)52-33-40-60-58(42-52)57-21-10-11-22-59(57)62(60)53-19-8-3-9-20-53/h1-42H/i1D,2D,3D,4D,5D,6D,7D,8D,9D,10D,11D,12D,13D,14D,15D,16D,17D,18D,19D,20D,21D,22D,23D,24D,25D,26D,27D,28D,29D,31D,32D,33D,34D,35D,36D,37D,38D,39D,40D,41D,42D. The fourth-order valence-corrected chi connectivity index (χ4v) is 6.15. The molecule has 0 aliphatic carbocycles. The maximum atomic E-state index is 9.82. The average molecular weight is 832 g/mol. The molecule has 0 atom stereocenters. The van der Waals surface area contributed by atoms with Crippen molar-refractivity contribution in [2.75, 3.05) is 4.90 Å². The highest BCUT2D eigenvalue weighted by atomic mass is 15.1. The largest absolute Gasteiger partial charge is 0.311 e. The van der Waals surface area contributed by atoms with Crippen molar-refractivity contribution in [3.05, 3.63) is 254 Å². The van der Waals surface area contributed by atoms with Crippen molar-refractivity contribution >= 4 is 38.9 Å². The molecule has 0 saturated heterocycles. The average Bonchev–Trinajstić information content (AvgIpc) is 1.60. The number of rotatable bonds is 9. The molecule has 292 valence electrons. The van der Waals surface area contributed by atoms with Crippen molar-refractivity contribution in [2.24, 2.45) is 0 Å². The lowest BCUT2D eigenvalue weighted by Crippen LogP contribution is -2.09. The maximum absolute atomic E-state index is 9.82. The smallest absolute Gasteiger partial charge is 0.0645 e. The fourth-order valence-electron chi connectivity index (χ4n) is 6.15. The van der Waals surface area contributed by atoms with E-state index in [2.05, 4.69) is 0 Å². The number of aromatic nitrogens is 1. The van der Waals surface area contributed by atoms with E-state index in [9.17, 15) is 20.6 Å². The van der Waals surface area contributed by atoms with Crippen LogP contribution in [0.15, 0.2) is 254 Å². The molecular formula is C60H42N2. The van der Waals surface area contributed by atoms with Gasteiger partial charge >= 0.3 is 0 Å². The van der Waals surface area contributed by atoms with Crippen molar-refractivity contribution in [2.45, 2.75) is 0 Å². The van der Waals surface area contributed by atoms with Gasteiger partial charge in [-0.2, -0.15) is 0 Å². The predicted octanol–water partition coefficient (Wildman–Crippen LogP) is 16.6. The second-order valence-electron chi connectivity index (χ2n) is 12.6. The zero-order valence-electron chi connectivity index (χ0n) is 72.0. The summed E-state index contributed by atoms with van der Waals surface area (Å²) in [5, 5.41) is -1.41. The van der Waals surface area contributed by atoms with E-state index < -0.39 is 348 Å². The molecule has 0 aliphatic heterocycles. The van der Waals surface area contributed by atoms with E-state index in [-0.39, 0.29) is 4.90 Å². The van der Waals surface area contributed by atoms with Crippen LogP contribution in [0.3, 0.4) is 0 Å². The molecule has 0 unspecified atom stereocenters. The maximum Gasteiger partial charge on any atom is 0.0645 e. The fraction of sp³-hybridized carbons (Fsp3) is 0. The number of fused-ring (bicyclic) bond motifs is 3. The Morgan fingerprint density at radius 1 is 0.274 bits per heavy atom. The van der Waals surface area contributed by atoms with E-state index in [1.165, 1.54) is 0 Å². The summed E-state index contributed by atoms with van der Waals surface area (Å²) < 4.78 is 370. The third-order valence-electron chi connectivity index (χ3n) is 8.95. The van der Waals surface area contributed by atoms with Gasteiger partial charge in [0.1, 0.15) is 0 Å². The molecule has 10 aromatic carbocycles. The van der Waals surface area contributed by atoms with Crippen LogP contribution in [-0.4, -0.2) is 4.57 Å². The first-order valence-electron chi connectivity index (χ1n) is 38.4. The Labute approximate surface area is 420 Å². The summed E-state index contributed by atoms with van der Waals surface area (Å²) in [6.07, 6.45) is 0. The number of anilines is 3. The lowest BCUT2D eigenvalue weighted by atomic mass is 9.98. The Balaban J connectivity index is 1.25. The van der Waals surface area contributed by atoms with E-state index >= 15 is 0 Å². The van der Waals surface area contributed by atoms with Crippen LogP contribution >= 0.6 is 0 Å². The monoisotopic (exact) mass is 832 g/mol. The molecule has 2 nitrogen and oxygen atoms in total. The summed E-state index contributed by atoms with van der Waals surface area (Å²) in [6, 6.07) is -44.6. The molecular weight excluding hydrogens is 749 g/mol. The first kappa shape index (κ1) is 13.7.